The van der Waals surface area contributed by atoms with Crippen molar-refractivity contribution in [3.05, 3.63) is 24.4 Å². The van der Waals surface area contributed by atoms with Crippen LogP contribution >= 0.6 is 15.9 Å². The van der Waals surface area contributed by atoms with E-state index in [2.05, 4.69) is 45.3 Å². The van der Waals surface area contributed by atoms with E-state index >= 15 is 0 Å². The van der Waals surface area contributed by atoms with Crippen molar-refractivity contribution in [2.24, 2.45) is 0 Å². The van der Waals surface area contributed by atoms with Crippen LogP contribution in [-0.4, -0.2) is 23.3 Å². The van der Waals surface area contributed by atoms with Gasteiger partial charge in [0.2, 0.25) is 0 Å². The Balaban J connectivity index is 2.28. The van der Waals surface area contributed by atoms with E-state index < -0.39 is 0 Å². The van der Waals surface area contributed by atoms with Gasteiger partial charge in [-0.2, -0.15) is 0 Å². The molecule has 0 amide bonds. The summed E-state index contributed by atoms with van der Waals surface area (Å²) in [5, 5.41) is 1.05. The molecular formula is C7H10BrN. The Bertz CT molecular complexity index is 129. The van der Waals surface area contributed by atoms with Crippen molar-refractivity contribution in [1.29, 1.82) is 0 Å². The number of hydrogen-bond acceptors (Lipinski definition) is 1. The number of allylic oxidation sites excluding steroid dienone is 2. The van der Waals surface area contributed by atoms with E-state index in [9.17, 15) is 0 Å². The van der Waals surface area contributed by atoms with Crippen LogP contribution in [0.5, 0.6) is 0 Å². The van der Waals surface area contributed by atoms with E-state index in [1.54, 1.807) is 0 Å². The lowest BCUT2D eigenvalue weighted by Gasteiger charge is -2.18. The Kier molecular flexibility index (Phi) is 2.84. The van der Waals surface area contributed by atoms with Gasteiger partial charge in [0.25, 0.3) is 0 Å². The average Bonchev–Trinajstić information content (AvgIpc) is 1.91. The number of hydrogen-bond donors (Lipinski definition) is 0. The average molecular weight is 188 g/mol. The first-order chi connectivity index (χ1) is 4.43. The number of alkyl halides is 1. The van der Waals surface area contributed by atoms with Gasteiger partial charge in [-0.1, -0.05) is 28.1 Å². The molecule has 0 bridgehead atoms. The Labute approximate surface area is 64.2 Å². The van der Waals surface area contributed by atoms with E-state index in [1.807, 2.05) is 0 Å². The molecule has 9 heavy (non-hydrogen) atoms. The van der Waals surface area contributed by atoms with Gasteiger partial charge in [0, 0.05) is 18.4 Å². The van der Waals surface area contributed by atoms with Crippen LogP contribution in [0.4, 0.5) is 0 Å². The summed E-state index contributed by atoms with van der Waals surface area (Å²) in [5.74, 6) is 0. The zero-order chi connectivity index (χ0) is 6.53. The van der Waals surface area contributed by atoms with Crippen molar-refractivity contribution in [1.82, 2.24) is 4.90 Å². The zero-order valence-electron chi connectivity index (χ0n) is 5.26. The monoisotopic (exact) mass is 187 g/mol. The Morgan fingerprint density at radius 3 is 2.89 bits per heavy atom. The molecule has 1 aliphatic rings. The van der Waals surface area contributed by atoms with Gasteiger partial charge >= 0.3 is 0 Å². The summed E-state index contributed by atoms with van der Waals surface area (Å²) >= 11 is 3.39. The second-order valence-corrected chi connectivity index (χ2v) is 2.75. The van der Waals surface area contributed by atoms with Gasteiger partial charge < -0.3 is 4.90 Å². The predicted octanol–water partition coefficient (Wildman–Crippen LogP) is 1.77. The third-order valence-corrected chi connectivity index (χ3v) is 1.61. The van der Waals surface area contributed by atoms with Crippen LogP contribution in [0.2, 0.25) is 0 Å². The fourth-order valence-electron chi connectivity index (χ4n) is 0.781. The lowest BCUT2D eigenvalue weighted by Crippen LogP contribution is -2.20. The van der Waals surface area contributed by atoms with E-state index in [0.717, 1.165) is 18.4 Å². The van der Waals surface area contributed by atoms with Crippen LogP contribution in [0.1, 0.15) is 0 Å². The maximum atomic E-state index is 3.39. The van der Waals surface area contributed by atoms with Crippen LogP contribution < -0.4 is 0 Å². The highest BCUT2D eigenvalue weighted by Crippen LogP contribution is 1.98. The molecule has 0 spiro atoms. The topological polar surface area (TPSA) is 3.24 Å². The van der Waals surface area contributed by atoms with E-state index in [-0.39, 0.29) is 0 Å². The second-order valence-electron chi connectivity index (χ2n) is 1.95. The first-order valence-electron chi connectivity index (χ1n) is 3.07. The summed E-state index contributed by atoms with van der Waals surface area (Å²) in [6.45, 7) is 2.16. The summed E-state index contributed by atoms with van der Waals surface area (Å²) < 4.78 is 0. The minimum atomic E-state index is 1.05. The lowest BCUT2D eigenvalue weighted by atomic mass is 10.3. The third kappa shape index (κ3) is 2.22. The summed E-state index contributed by atoms with van der Waals surface area (Å²) in [6, 6.07) is 0. The zero-order valence-corrected chi connectivity index (χ0v) is 6.84. The molecule has 0 aromatic rings. The first kappa shape index (κ1) is 6.87. The SMILES string of the molecule is BrCCN1C=CC=CC1. The van der Waals surface area contributed by atoms with Gasteiger partial charge in [-0.15, -0.1) is 0 Å². The maximum absolute atomic E-state index is 3.39. The van der Waals surface area contributed by atoms with Crippen LogP contribution in [0.15, 0.2) is 24.4 Å². The maximum Gasteiger partial charge on any atom is 0.0357 e. The van der Waals surface area contributed by atoms with Gasteiger partial charge in [0.05, 0.1) is 0 Å². The molecule has 50 valence electrons. The molecule has 0 aromatic carbocycles. The van der Waals surface area contributed by atoms with E-state index in [1.165, 1.54) is 0 Å². The van der Waals surface area contributed by atoms with Gasteiger partial charge in [-0.05, 0) is 12.3 Å². The molecule has 0 aromatic heterocycles. The summed E-state index contributed by atoms with van der Waals surface area (Å²) in [5.41, 5.74) is 0. The van der Waals surface area contributed by atoms with Crippen molar-refractivity contribution < 1.29 is 0 Å². The summed E-state index contributed by atoms with van der Waals surface area (Å²) in [4.78, 5) is 2.26. The minimum Gasteiger partial charge on any atom is -0.373 e. The fourth-order valence-corrected chi connectivity index (χ4v) is 1.24. The fraction of sp³-hybridized carbons (Fsp3) is 0.429. The van der Waals surface area contributed by atoms with E-state index in [0.29, 0.717) is 0 Å². The normalized spacial score (nSPS) is 16.8. The third-order valence-electron chi connectivity index (χ3n) is 1.26. The predicted molar refractivity (Wildman–Crippen MR) is 43.6 cm³/mol. The molecule has 1 nitrogen and oxygen atoms in total. The highest BCUT2D eigenvalue weighted by Gasteiger charge is 1.95. The van der Waals surface area contributed by atoms with E-state index in [4.69, 9.17) is 0 Å². The molecule has 0 aliphatic carbocycles. The number of rotatable bonds is 2. The highest BCUT2D eigenvalue weighted by atomic mass is 79.9. The van der Waals surface area contributed by atoms with Crippen LogP contribution in [-0.2, 0) is 0 Å². The van der Waals surface area contributed by atoms with Gasteiger partial charge in [-0.3, -0.25) is 0 Å². The molecule has 0 radical (unpaired) electrons. The van der Waals surface area contributed by atoms with Crippen molar-refractivity contribution >= 4 is 15.9 Å². The highest BCUT2D eigenvalue weighted by molar-refractivity contribution is 9.09. The molecule has 0 unspecified atom stereocenters. The number of nitrogens with zero attached hydrogens (tertiary/aromatic N) is 1. The van der Waals surface area contributed by atoms with Crippen LogP contribution in [0.25, 0.3) is 0 Å². The molecule has 1 heterocycles. The quantitative estimate of drug-likeness (QED) is 0.597. The molecule has 0 fully saturated rings. The largest absolute Gasteiger partial charge is 0.373 e. The van der Waals surface area contributed by atoms with Gasteiger partial charge in [-0.25, -0.2) is 0 Å². The Morgan fingerprint density at radius 1 is 1.44 bits per heavy atom. The smallest absolute Gasteiger partial charge is 0.0357 e. The molecule has 0 saturated carbocycles. The standard InChI is InChI=1S/C7H10BrN/c8-4-7-9-5-2-1-3-6-9/h1-3,5H,4,6-7H2. The minimum absolute atomic E-state index is 1.05. The molecule has 0 atom stereocenters. The molecule has 0 saturated heterocycles. The molecular weight excluding hydrogens is 178 g/mol. The summed E-state index contributed by atoms with van der Waals surface area (Å²) in [7, 11) is 0. The van der Waals surface area contributed by atoms with Crippen LogP contribution in [0.3, 0.4) is 0 Å². The lowest BCUT2D eigenvalue weighted by molar-refractivity contribution is 0.440. The Morgan fingerprint density at radius 2 is 2.33 bits per heavy atom. The van der Waals surface area contributed by atoms with Crippen molar-refractivity contribution in [2.75, 3.05) is 18.4 Å². The molecule has 0 N–H and O–H groups in total. The molecule has 2 heteroatoms. The van der Waals surface area contributed by atoms with Crippen molar-refractivity contribution in [2.45, 2.75) is 0 Å². The van der Waals surface area contributed by atoms with Gasteiger partial charge in [0.1, 0.15) is 0 Å². The molecule has 1 aliphatic heterocycles. The molecule has 1 rings (SSSR count). The van der Waals surface area contributed by atoms with Crippen LogP contribution in [0, 0.1) is 0 Å². The van der Waals surface area contributed by atoms with Crippen molar-refractivity contribution in [3.8, 4) is 0 Å². The second kappa shape index (κ2) is 3.72. The summed E-state index contributed by atoms with van der Waals surface area (Å²) in [6.07, 6.45) is 8.40. The Hall–Kier alpha value is -0.240. The number of halogens is 1. The van der Waals surface area contributed by atoms with Gasteiger partial charge in [0.15, 0.2) is 0 Å². The first-order valence-corrected chi connectivity index (χ1v) is 4.19. The van der Waals surface area contributed by atoms with Crippen molar-refractivity contribution in [3.63, 3.8) is 0 Å².